The molecule has 0 spiro atoms. The highest BCUT2D eigenvalue weighted by atomic mass is 79.9. The summed E-state index contributed by atoms with van der Waals surface area (Å²) in [4.78, 5) is 12.0. The second kappa shape index (κ2) is 6.22. The van der Waals surface area contributed by atoms with Crippen molar-refractivity contribution in [3.05, 3.63) is 34.1 Å². The van der Waals surface area contributed by atoms with E-state index in [1.54, 1.807) is 6.07 Å². The van der Waals surface area contributed by atoms with Crippen LogP contribution < -0.4 is 5.32 Å². The third-order valence-electron chi connectivity index (χ3n) is 3.83. The second-order valence-corrected chi connectivity index (χ2v) is 6.59. The van der Waals surface area contributed by atoms with Gasteiger partial charge in [-0.1, -0.05) is 19.8 Å². The third-order valence-corrected chi connectivity index (χ3v) is 4.47. The monoisotopic (exact) mass is 343 g/mol. The highest BCUT2D eigenvalue weighted by molar-refractivity contribution is 9.10. The normalized spacial score (nSPS) is 26.3. The van der Waals surface area contributed by atoms with Crippen molar-refractivity contribution in [3.8, 4) is 0 Å². The number of halogens is 2. The lowest BCUT2D eigenvalue weighted by Crippen LogP contribution is -2.45. The minimum atomic E-state index is -0.832. The number of aliphatic hydroxyl groups is 1. The standard InChI is InChI=1S/C15H19BrFNO2/c1-10-3-2-6-15(20,8-10)9-18-14(19)11-4-5-12(16)13(17)7-11/h4-5,7,10,20H,2-3,6,8-9H2,1H3,(H,18,19). The fraction of sp³-hybridized carbons (Fsp3) is 0.533. The zero-order chi connectivity index (χ0) is 14.8. The first-order chi connectivity index (χ1) is 9.39. The molecule has 0 aromatic heterocycles. The van der Waals surface area contributed by atoms with Crippen LogP contribution in [0.3, 0.4) is 0 Å². The molecule has 2 N–H and O–H groups in total. The molecule has 0 bridgehead atoms. The molecule has 1 aliphatic rings. The van der Waals surface area contributed by atoms with Crippen molar-refractivity contribution in [3.63, 3.8) is 0 Å². The van der Waals surface area contributed by atoms with Crippen LogP contribution in [0.15, 0.2) is 22.7 Å². The molecule has 1 amide bonds. The maximum absolute atomic E-state index is 13.4. The van der Waals surface area contributed by atoms with Gasteiger partial charge in [0.2, 0.25) is 0 Å². The largest absolute Gasteiger partial charge is 0.388 e. The minimum absolute atomic E-state index is 0.216. The van der Waals surface area contributed by atoms with Crippen LogP contribution in [0.5, 0.6) is 0 Å². The molecular weight excluding hydrogens is 325 g/mol. The minimum Gasteiger partial charge on any atom is -0.388 e. The van der Waals surface area contributed by atoms with Crippen LogP contribution in [0.1, 0.15) is 43.0 Å². The molecule has 1 saturated carbocycles. The summed E-state index contributed by atoms with van der Waals surface area (Å²) in [6.07, 6.45) is 3.49. The number of nitrogens with one attached hydrogen (secondary N) is 1. The van der Waals surface area contributed by atoms with Gasteiger partial charge < -0.3 is 10.4 Å². The van der Waals surface area contributed by atoms with Gasteiger partial charge in [-0.3, -0.25) is 4.79 Å². The van der Waals surface area contributed by atoms with Gasteiger partial charge in [-0.15, -0.1) is 0 Å². The van der Waals surface area contributed by atoms with Crippen LogP contribution in [-0.4, -0.2) is 23.2 Å². The van der Waals surface area contributed by atoms with Gasteiger partial charge in [0.15, 0.2) is 0 Å². The molecule has 2 rings (SSSR count). The first-order valence-corrected chi connectivity index (χ1v) is 7.64. The zero-order valence-electron chi connectivity index (χ0n) is 11.5. The molecule has 0 aliphatic heterocycles. The molecule has 3 nitrogen and oxygen atoms in total. The summed E-state index contributed by atoms with van der Waals surface area (Å²) in [6.45, 7) is 2.32. The summed E-state index contributed by atoms with van der Waals surface area (Å²) in [5, 5.41) is 13.1. The molecule has 20 heavy (non-hydrogen) atoms. The molecule has 2 unspecified atom stereocenters. The van der Waals surface area contributed by atoms with Crippen molar-refractivity contribution in [1.82, 2.24) is 5.32 Å². The molecule has 0 heterocycles. The molecule has 0 saturated heterocycles. The maximum atomic E-state index is 13.4. The summed E-state index contributed by atoms with van der Waals surface area (Å²) >= 11 is 3.05. The van der Waals surface area contributed by atoms with Gasteiger partial charge in [0.1, 0.15) is 5.82 Å². The van der Waals surface area contributed by atoms with E-state index < -0.39 is 11.4 Å². The number of benzene rings is 1. The first kappa shape index (κ1) is 15.4. The summed E-state index contributed by atoms with van der Waals surface area (Å²) in [6, 6.07) is 4.24. The summed E-state index contributed by atoms with van der Waals surface area (Å²) in [7, 11) is 0. The SMILES string of the molecule is CC1CCCC(O)(CNC(=O)c2ccc(Br)c(F)c2)C1. The van der Waals surface area contributed by atoms with E-state index in [0.717, 1.165) is 12.8 Å². The van der Waals surface area contributed by atoms with E-state index in [1.165, 1.54) is 12.1 Å². The van der Waals surface area contributed by atoms with Gasteiger partial charge in [-0.05, 0) is 52.9 Å². The van der Waals surface area contributed by atoms with E-state index >= 15 is 0 Å². The van der Waals surface area contributed by atoms with Crippen LogP contribution in [0.2, 0.25) is 0 Å². The Balaban J connectivity index is 1.96. The Labute approximate surface area is 126 Å². The Morgan fingerprint density at radius 3 is 3.00 bits per heavy atom. The van der Waals surface area contributed by atoms with Crippen LogP contribution >= 0.6 is 15.9 Å². The number of rotatable bonds is 3. The second-order valence-electron chi connectivity index (χ2n) is 5.74. The van der Waals surface area contributed by atoms with Crippen LogP contribution in [0.4, 0.5) is 4.39 Å². The quantitative estimate of drug-likeness (QED) is 0.884. The van der Waals surface area contributed by atoms with Gasteiger partial charge in [0.05, 0.1) is 10.1 Å². The molecule has 0 radical (unpaired) electrons. The van der Waals surface area contributed by atoms with Gasteiger partial charge in [0, 0.05) is 12.1 Å². The summed E-state index contributed by atoms with van der Waals surface area (Å²) in [5.41, 5.74) is -0.570. The highest BCUT2D eigenvalue weighted by Gasteiger charge is 2.32. The van der Waals surface area contributed by atoms with Crippen LogP contribution in [0.25, 0.3) is 0 Å². The smallest absolute Gasteiger partial charge is 0.251 e. The van der Waals surface area contributed by atoms with Crippen molar-refractivity contribution >= 4 is 21.8 Å². The Morgan fingerprint density at radius 2 is 2.35 bits per heavy atom. The van der Waals surface area contributed by atoms with Gasteiger partial charge in [-0.2, -0.15) is 0 Å². The topological polar surface area (TPSA) is 49.3 Å². The van der Waals surface area contributed by atoms with Crippen molar-refractivity contribution in [2.75, 3.05) is 6.54 Å². The predicted octanol–water partition coefficient (Wildman–Crippen LogP) is 3.26. The Morgan fingerprint density at radius 1 is 1.60 bits per heavy atom. The lowest BCUT2D eigenvalue weighted by molar-refractivity contribution is -0.0109. The lowest BCUT2D eigenvalue weighted by Gasteiger charge is -2.35. The van der Waals surface area contributed by atoms with E-state index in [-0.39, 0.29) is 18.0 Å². The number of amides is 1. The number of carbonyl (C=O) groups is 1. The third kappa shape index (κ3) is 3.79. The van der Waals surface area contributed by atoms with E-state index in [2.05, 4.69) is 28.2 Å². The van der Waals surface area contributed by atoms with Gasteiger partial charge in [-0.25, -0.2) is 4.39 Å². The molecule has 1 fully saturated rings. The lowest BCUT2D eigenvalue weighted by atomic mass is 9.79. The molecule has 5 heteroatoms. The van der Waals surface area contributed by atoms with Crippen molar-refractivity contribution in [2.45, 2.75) is 38.2 Å². The zero-order valence-corrected chi connectivity index (χ0v) is 13.0. The number of hydrogen-bond donors (Lipinski definition) is 2. The predicted molar refractivity (Wildman–Crippen MR) is 79.0 cm³/mol. The average Bonchev–Trinajstić information content (AvgIpc) is 2.39. The highest BCUT2D eigenvalue weighted by Crippen LogP contribution is 2.31. The van der Waals surface area contributed by atoms with Crippen molar-refractivity contribution < 1.29 is 14.3 Å². The Bertz CT molecular complexity index is 509. The molecule has 110 valence electrons. The molecule has 1 aliphatic carbocycles. The van der Waals surface area contributed by atoms with Crippen molar-refractivity contribution in [1.29, 1.82) is 0 Å². The molecule has 2 atom stereocenters. The first-order valence-electron chi connectivity index (χ1n) is 6.85. The van der Waals surface area contributed by atoms with Gasteiger partial charge >= 0.3 is 0 Å². The van der Waals surface area contributed by atoms with E-state index in [9.17, 15) is 14.3 Å². The Kier molecular flexibility index (Phi) is 4.81. The molecule has 1 aromatic rings. The molecular formula is C15H19BrFNO2. The van der Waals surface area contributed by atoms with E-state index in [0.29, 0.717) is 23.2 Å². The fourth-order valence-corrected chi connectivity index (χ4v) is 3.02. The van der Waals surface area contributed by atoms with Crippen LogP contribution in [0, 0.1) is 11.7 Å². The number of carbonyl (C=O) groups excluding carboxylic acids is 1. The molecule has 1 aromatic carbocycles. The maximum Gasteiger partial charge on any atom is 0.251 e. The number of hydrogen-bond acceptors (Lipinski definition) is 2. The average molecular weight is 344 g/mol. The van der Waals surface area contributed by atoms with E-state index in [1.807, 2.05) is 0 Å². The van der Waals surface area contributed by atoms with Crippen LogP contribution in [-0.2, 0) is 0 Å². The summed E-state index contributed by atoms with van der Waals surface area (Å²) in [5.74, 6) is -0.360. The van der Waals surface area contributed by atoms with Gasteiger partial charge in [0.25, 0.3) is 5.91 Å². The van der Waals surface area contributed by atoms with E-state index in [4.69, 9.17) is 0 Å². The Hall–Kier alpha value is -0.940. The fourth-order valence-electron chi connectivity index (χ4n) is 2.78. The summed E-state index contributed by atoms with van der Waals surface area (Å²) < 4.78 is 13.7. The van der Waals surface area contributed by atoms with Crippen molar-refractivity contribution in [2.24, 2.45) is 5.92 Å².